The molecular formula is C35H50O13. The summed E-state index contributed by atoms with van der Waals surface area (Å²) in [5.41, 5.74) is -8.59. The van der Waals surface area contributed by atoms with Gasteiger partial charge in [0.05, 0.1) is 42.3 Å². The van der Waals surface area contributed by atoms with Crippen LogP contribution in [0.1, 0.15) is 78.6 Å². The highest BCUT2D eigenvalue weighted by Gasteiger charge is 2.79. The van der Waals surface area contributed by atoms with Gasteiger partial charge >= 0.3 is 18.1 Å². The number of carbonyl (C=O) groups excluding carboxylic acids is 4. The fourth-order valence-corrected chi connectivity index (χ4v) is 8.07. The standard InChI is InChI=1S/C32H40O12.C2H6.CH4O/c1-16-21-22(42-17(2)33)24(35)30(6)19(34)13-20-31(15-41-20,44-27(37)40-7)23(30)25(43-26(36)18-11-9-8-10-12-18)32(39,28(21,3)4)14-29(16,5)38;2*1-2/h8-12,19-20,22-23,25,34,38-39H,13-15H2,1-7H3;1-2H3;2H,1H3/t19-,20+,22+,23?,25-,29-,30+,31-,32+;;/m0../s1. The number of methoxy groups -OCH3 is 1. The van der Waals surface area contributed by atoms with Crippen LogP contribution in [0.25, 0.3) is 0 Å². The SMILES string of the molecule is CC.CO.COC(=O)O[C@@]12CO[C@@H]1C[C@H](O)[C@@]1(C)C(=O)[C@H](OC(C)=O)C3=C(C)[C@@](C)(O)C[C@@](O)([C@@H](OC(=O)c4ccccc4)C12)C3(C)C. The van der Waals surface area contributed by atoms with E-state index < -0.39 is 88.3 Å². The monoisotopic (exact) mass is 678 g/mol. The second kappa shape index (κ2) is 13.9. The number of esters is 2. The molecule has 1 saturated heterocycles. The van der Waals surface area contributed by atoms with E-state index in [9.17, 15) is 34.5 Å². The Morgan fingerprint density at radius 1 is 0.979 bits per heavy atom. The molecule has 268 valence electrons. The molecule has 1 aromatic rings. The number of Topliss-reactive ketones (excluding diaryl/α,β-unsaturated/α-hetero) is 1. The van der Waals surface area contributed by atoms with Crippen molar-refractivity contribution >= 4 is 23.9 Å². The summed E-state index contributed by atoms with van der Waals surface area (Å²) in [6.07, 6.45) is -7.46. The molecule has 5 rings (SSSR count). The van der Waals surface area contributed by atoms with E-state index in [1.54, 1.807) is 39.0 Å². The molecule has 2 bridgehead atoms. The molecule has 1 heterocycles. The van der Waals surface area contributed by atoms with E-state index in [1.807, 2.05) is 13.8 Å². The lowest BCUT2D eigenvalue weighted by atomic mass is 9.44. The van der Waals surface area contributed by atoms with Gasteiger partial charge in [-0.1, -0.05) is 45.9 Å². The summed E-state index contributed by atoms with van der Waals surface area (Å²) in [5, 5.41) is 43.6. The maximum atomic E-state index is 14.9. The molecular weight excluding hydrogens is 628 g/mol. The summed E-state index contributed by atoms with van der Waals surface area (Å²) >= 11 is 0. The van der Waals surface area contributed by atoms with E-state index in [2.05, 4.69) is 0 Å². The van der Waals surface area contributed by atoms with Crippen LogP contribution in [0.4, 0.5) is 4.79 Å². The van der Waals surface area contributed by atoms with Crippen molar-refractivity contribution in [3.05, 3.63) is 47.0 Å². The topological polar surface area (TPSA) is 195 Å². The number of hydrogen-bond acceptors (Lipinski definition) is 13. The maximum absolute atomic E-state index is 14.9. The van der Waals surface area contributed by atoms with Gasteiger partial charge in [0.1, 0.15) is 17.8 Å². The number of benzene rings is 1. The molecule has 9 atom stereocenters. The maximum Gasteiger partial charge on any atom is 0.508 e. The summed E-state index contributed by atoms with van der Waals surface area (Å²) in [6, 6.07) is 7.99. The number of aliphatic hydroxyl groups is 4. The average Bonchev–Trinajstić information content (AvgIpc) is 3.04. The highest BCUT2D eigenvalue weighted by molar-refractivity contribution is 5.95. The van der Waals surface area contributed by atoms with Crippen LogP contribution in [-0.4, -0.2) is 106 Å². The third kappa shape index (κ3) is 5.83. The smallest absolute Gasteiger partial charge is 0.455 e. The number of rotatable bonds is 4. The van der Waals surface area contributed by atoms with Crippen LogP contribution in [0.5, 0.6) is 0 Å². The Balaban J connectivity index is 0.00000151. The molecule has 0 radical (unpaired) electrons. The number of ether oxygens (including phenoxy) is 5. The van der Waals surface area contributed by atoms with Gasteiger partial charge in [-0.05, 0) is 44.1 Å². The molecule has 0 amide bonds. The van der Waals surface area contributed by atoms with E-state index in [4.69, 9.17) is 28.8 Å². The number of carbonyl (C=O) groups is 4. The lowest BCUT2D eigenvalue weighted by Crippen LogP contribution is -2.82. The Morgan fingerprint density at radius 2 is 1.56 bits per heavy atom. The lowest BCUT2D eigenvalue weighted by Gasteiger charge is -2.67. The molecule has 0 aromatic heterocycles. The zero-order valence-corrected chi connectivity index (χ0v) is 29.4. The molecule has 1 unspecified atom stereocenters. The second-order valence-electron chi connectivity index (χ2n) is 13.4. The molecule has 48 heavy (non-hydrogen) atoms. The van der Waals surface area contributed by atoms with E-state index >= 15 is 0 Å². The van der Waals surface area contributed by atoms with Gasteiger partial charge in [0, 0.05) is 32.3 Å². The van der Waals surface area contributed by atoms with E-state index in [0.717, 1.165) is 21.1 Å². The van der Waals surface area contributed by atoms with Crippen molar-refractivity contribution in [2.45, 2.75) is 109 Å². The van der Waals surface area contributed by atoms with Gasteiger partial charge in [0.25, 0.3) is 0 Å². The first kappa shape index (κ1) is 39.1. The van der Waals surface area contributed by atoms with Crippen molar-refractivity contribution in [1.29, 1.82) is 0 Å². The second-order valence-corrected chi connectivity index (χ2v) is 13.4. The largest absolute Gasteiger partial charge is 0.508 e. The van der Waals surface area contributed by atoms with E-state index in [-0.39, 0.29) is 29.7 Å². The number of hydrogen-bond donors (Lipinski definition) is 4. The first-order valence-corrected chi connectivity index (χ1v) is 16.0. The highest BCUT2D eigenvalue weighted by atomic mass is 16.8. The van der Waals surface area contributed by atoms with Crippen molar-refractivity contribution in [3.63, 3.8) is 0 Å². The Kier molecular flexibility index (Phi) is 11.3. The fraction of sp³-hybridized carbons (Fsp3) is 0.657. The predicted molar refractivity (Wildman–Crippen MR) is 171 cm³/mol. The molecule has 3 fully saturated rings. The minimum atomic E-state index is -2.19. The van der Waals surface area contributed by atoms with E-state index in [0.29, 0.717) is 0 Å². The first-order chi connectivity index (χ1) is 22.4. The molecule has 13 nitrogen and oxygen atoms in total. The summed E-state index contributed by atoms with van der Waals surface area (Å²) in [6.45, 7) is 12.5. The van der Waals surface area contributed by atoms with Crippen LogP contribution in [0.2, 0.25) is 0 Å². The van der Waals surface area contributed by atoms with Gasteiger partial charge < -0.3 is 44.1 Å². The van der Waals surface area contributed by atoms with Gasteiger partial charge in [-0.3, -0.25) is 9.59 Å². The van der Waals surface area contributed by atoms with Crippen molar-refractivity contribution in [1.82, 2.24) is 0 Å². The van der Waals surface area contributed by atoms with Gasteiger partial charge in [0.15, 0.2) is 17.5 Å². The molecule has 3 aliphatic carbocycles. The van der Waals surface area contributed by atoms with Crippen molar-refractivity contribution in [3.8, 4) is 0 Å². The Bertz CT molecular complexity index is 1420. The minimum absolute atomic E-state index is 0.124. The summed E-state index contributed by atoms with van der Waals surface area (Å²) in [7, 11) is 2.10. The third-order valence-electron chi connectivity index (χ3n) is 10.7. The van der Waals surface area contributed by atoms with Crippen LogP contribution in [0, 0.1) is 16.7 Å². The van der Waals surface area contributed by atoms with Crippen molar-refractivity contribution < 1.29 is 63.3 Å². The number of ketones is 1. The summed E-state index contributed by atoms with van der Waals surface area (Å²) in [4.78, 5) is 54.0. The Morgan fingerprint density at radius 3 is 2.06 bits per heavy atom. The van der Waals surface area contributed by atoms with Crippen LogP contribution in [-0.2, 0) is 33.3 Å². The fourth-order valence-electron chi connectivity index (χ4n) is 8.07. The molecule has 1 aromatic carbocycles. The Hall–Kier alpha value is -3.36. The summed E-state index contributed by atoms with van der Waals surface area (Å²) in [5.74, 6) is -3.90. The molecule has 4 aliphatic rings. The number of fused-ring (bicyclic) bond motifs is 5. The zero-order chi connectivity index (χ0) is 36.6. The first-order valence-electron chi connectivity index (χ1n) is 16.0. The van der Waals surface area contributed by atoms with Gasteiger partial charge in [-0.25, -0.2) is 9.59 Å². The van der Waals surface area contributed by atoms with Gasteiger partial charge in [-0.15, -0.1) is 0 Å². The van der Waals surface area contributed by atoms with Gasteiger partial charge in [0.2, 0.25) is 0 Å². The molecule has 2 saturated carbocycles. The van der Waals surface area contributed by atoms with Crippen LogP contribution in [0.3, 0.4) is 0 Å². The zero-order valence-electron chi connectivity index (χ0n) is 29.4. The molecule has 13 heteroatoms. The number of aliphatic hydroxyl groups excluding tert-OH is 2. The van der Waals surface area contributed by atoms with Crippen molar-refractivity contribution in [2.24, 2.45) is 16.7 Å². The van der Waals surface area contributed by atoms with E-state index in [1.165, 1.54) is 26.0 Å². The van der Waals surface area contributed by atoms with Gasteiger partial charge in [-0.2, -0.15) is 0 Å². The third-order valence-corrected chi connectivity index (χ3v) is 10.7. The normalized spacial score (nSPS) is 37.5. The quantitative estimate of drug-likeness (QED) is 0.206. The molecule has 0 spiro atoms. The van der Waals surface area contributed by atoms with Crippen LogP contribution < -0.4 is 0 Å². The van der Waals surface area contributed by atoms with Crippen molar-refractivity contribution in [2.75, 3.05) is 20.8 Å². The average molecular weight is 679 g/mol. The van der Waals surface area contributed by atoms with Crippen LogP contribution in [0.15, 0.2) is 41.5 Å². The highest BCUT2D eigenvalue weighted by Crippen LogP contribution is 2.65. The Labute approximate surface area is 281 Å². The molecule has 1 aliphatic heterocycles. The predicted octanol–water partition coefficient (Wildman–Crippen LogP) is 2.90. The molecule has 4 N–H and O–H groups in total. The minimum Gasteiger partial charge on any atom is -0.455 e. The van der Waals surface area contributed by atoms with Crippen LogP contribution >= 0.6 is 0 Å². The lowest BCUT2D eigenvalue weighted by molar-refractivity contribution is -0.345. The summed E-state index contributed by atoms with van der Waals surface area (Å²) < 4.78 is 28.4.